The first-order valence-corrected chi connectivity index (χ1v) is 8.16. The minimum absolute atomic E-state index is 0.195. The molecule has 0 saturated heterocycles. The summed E-state index contributed by atoms with van der Waals surface area (Å²) >= 11 is 0. The zero-order valence-electron chi connectivity index (χ0n) is 14.3. The van der Waals surface area contributed by atoms with E-state index in [1.807, 2.05) is 0 Å². The van der Waals surface area contributed by atoms with Gasteiger partial charge in [0, 0.05) is 6.07 Å². The first kappa shape index (κ1) is 19.0. The summed E-state index contributed by atoms with van der Waals surface area (Å²) in [5.74, 6) is -3.35. The van der Waals surface area contributed by atoms with Crippen LogP contribution >= 0.6 is 0 Å². The number of carboxylic acids is 1. The van der Waals surface area contributed by atoms with E-state index in [1.54, 1.807) is 0 Å². The van der Waals surface area contributed by atoms with Gasteiger partial charge in [-0.25, -0.2) is 13.5 Å². The van der Waals surface area contributed by atoms with Gasteiger partial charge in [0.05, 0.1) is 18.2 Å². The fourth-order valence-corrected chi connectivity index (χ4v) is 2.63. The highest BCUT2D eigenvalue weighted by atomic mass is 19.1. The summed E-state index contributed by atoms with van der Waals surface area (Å²) in [4.78, 5) is 23.6. The molecule has 3 rings (SSSR count). The first-order chi connectivity index (χ1) is 13.3. The highest BCUT2D eigenvalue weighted by Crippen LogP contribution is 2.21. The number of carbonyl (C=O) groups is 2. The summed E-state index contributed by atoms with van der Waals surface area (Å²) in [6, 6.07) is 10.4. The average Bonchev–Trinajstić information content (AvgIpc) is 3.03. The number of amides is 1. The van der Waals surface area contributed by atoms with Crippen molar-refractivity contribution in [1.29, 1.82) is 0 Å². The molecule has 0 fully saturated rings. The summed E-state index contributed by atoms with van der Waals surface area (Å²) in [5.41, 5.74) is 0.405. The lowest BCUT2D eigenvalue weighted by molar-refractivity contribution is -0.137. The highest BCUT2D eigenvalue weighted by Gasteiger charge is 2.22. The smallest absolute Gasteiger partial charge is 0.305 e. The molecule has 3 aromatic rings. The molecule has 0 spiro atoms. The van der Waals surface area contributed by atoms with Gasteiger partial charge in [-0.3, -0.25) is 9.59 Å². The lowest BCUT2D eigenvalue weighted by Gasteiger charge is -2.16. The lowest BCUT2D eigenvalue weighted by Crippen LogP contribution is -2.30. The maximum Gasteiger partial charge on any atom is 0.305 e. The van der Waals surface area contributed by atoms with Crippen LogP contribution in [-0.2, 0) is 4.79 Å². The van der Waals surface area contributed by atoms with Crippen molar-refractivity contribution in [3.05, 3.63) is 77.5 Å². The van der Waals surface area contributed by atoms with E-state index in [-0.39, 0.29) is 11.4 Å². The van der Waals surface area contributed by atoms with Gasteiger partial charge in [0.1, 0.15) is 11.6 Å². The zero-order valence-corrected chi connectivity index (χ0v) is 14.3. The fraction of sp³-hybridized carbons (Fsp3) is 0.105. The third kappa shape index (κ3) is 4.32. The summed E-state index contributed by atoms with van der Waals surface area (Å²) in [7, 11) is 0. The van der Waals surface area contributed by atoms with Crippen molar-refractivity contribution in [2.75, 3.05) is 0 Å². The quantitative estimate of drug-likeness (QED) is 0.603. The molecule has 28 heavy (non-hydrogen) atoms. The Hall–Kier alpha value is -3.75. The number of rotatable bonds is 6. The zero-order chi connectivity index (χ0) is 20.3. The highest BCUT2D eigenvalue weighted by molar-refractivity contribution is 5.93. The van der Waals surface area contributed by atoms with Crippen LogP contribution in [0.4, 0.5) is 8.78 Å². The Labute approximate surface area is 157 Å². The van der Waals surface area contributed by atoms with Gasteiger partial charge in [-0.05, 0) is 35.9 Å². The summed E-state index contributed by atoms with van der Waals surface area (Å²) in [5, 5.41) is 25.5. The van der Waals surface area contributed by atoms with Crippen molar-refractivity contribution in [3.8, 4) is 11.6 Å². The molecule has 1 amide bonds. The Morgan fingerprint density at radius 2 is 1.79 bits per heavy atom. The van der Waals surface area contributed by atoms with E-state index in [9.17, 15) is 23.5 Å². The number of halogens is 2. The molecule has 0 unspecified atom stereocenters. The Morgan fingerprint density at radius 1 is 1.07 bits per heavy atom. The average molecular weight is 387 g/mol. The van der Waals surface area contributed by atoms with E-state index >= 15 is 0 Å². The molecule has 0 radical (unpaired) electrons. The third-order valence-electron chi connectivity index (χ3n) is 3.93. The summed E-state index contributed by atoms with van der Waals surface area (Å²) in [6.07, 6.45) is -0.437. The van der Waals surface area contributed by atoms with Gasteiger partial charge in [-0.1, -0.05) is 18.2 Å². The second-order valence-corrected chi connectivity index (χ2v) is 5.95. The molecule has 7 nitrogen and oxygen atoms in total. The van der Waals surface area contributed by atoms with Crippen LogP contribution in [0, 0.1) is 11.6 Å². The van der Waals surface area contributed by atoms with Crippen molar-refractivity contribution < 1.29 is 28.6 Å². The number of nitrogens with zero attached hydrogens (tertiary/aromatic N) is 2. The molecular formula is C19H15F2N3O4. The van der Waals surface area contributed by atoms with Crippen LogP contribution < -0.4 is 5.32 Å². The number of carbonyl (C=O) groups excluding carboxylic acids is 1. The molecule has 144 valence electrons. The molecule has 0 saturated carbocycles. The number of aliphatic carboxylic acids is 1. The van der Waals surface area contributed by atoms with E-state index in [2.05, 4.69) is 10.4 Å². The minimum Gasteiger partial charge on any atom is -0.493 e. The van der Waals surface area contributed by atoms with Crippen LogP contribution in [0.25, 0.3) is 5.69 Å². The second-order valence-electron chi connectivity index (χ2n) is 5.95. The number of hydrogen-bond donors (Lipinski definition) is 3. The molecule has 1 atom stereocenters. The van der Waals surface area contributed by atoms with E-state index in [4.69, 9.17) is 5.11 Å². The molecule has 9 heteroatoms. The van der Waals surface area contributed by atoms with Crippen LogP contribution in [0.3, 0.4) is 0 Å². The van der Waals surface area contributed by atoms with Gasteiger partial charge < -0.3 is 15.5 Å². The van der Waals surface area contributed by atoms with Crippen molar-refractivity contribution in [2.45, 2.75) is 12.5 Å². The molecule has 0 aliphatic carbocycles. The van der Waals surface area contributed by atoms with Gasteiger partial charge >= 0.3 is 5.97 Å². The third-order valence-corrected chi connectivity index (χ3v) is 3.93. The standard InChI is InChI=1S/C19H15F2N3O4/c20-12-6-4-11(5-7-12)15(10-18(26)27)22-19(28)16-9-17(25)24(23-16)14-3-1-2-13(21)8-14/h1-9,15,25H,10H2,(H,22,28)(H,26,27)/t15-/m0/s1. The van der Waals surface area contributed by atoms with Crippen LogP contribution in [0.1, 0.15) is 28.5 Å². The normalized spacial score (nSPS) is 11.8. The van der Waals surface area contributed by atoms with Crippen molar-refractivity contribution in [3.63, 3.8) is 0 Å². The Morgan fingerprint density at radius 3 is 2.43 bits per heavy atom. The molecular weight excluding hydrogens is 372 g/mol. The summed E-state index contributed by atoms with van der Waals surface area (Å²) < 4.78 is 27.5. The SMILES string of the molecule is O=C(O)C[C@H](NC(=O)c1cc(O)n(-c2cccc(F)c2)n1)c1ccc(F)cc1. The van der Waals surface area contributed by atoms with Gasteiger partial charge in [0.25, 0.3) is 5.91 Å². The Bertz CT molecular complexity index is 1020. The van der Waals surface area contributed by atoms with Crippen LogP contribution in [0.5, 0.6) is 5.88 Å². The first-order valence-electron chi connectivity index (χ1n) is 8.16. The van der Waals surface area contributed by atoms with E-state index in [1.165, 1.54) is 30.3 Å². The number of carboxylic acid groups (broad SMARTS) is 1. The number of aromatic hydroxyl groups is 1. The topological polar surface area (TPSA) is 104 Å². The van der Waals surface area contributed by atoms with Gasteiger partial charge in [-0.15, -0.1) is 0 Å². The second kappa shape index (κ2) is 7.87. The molecule has 1 heterocycles. The fourth-order valence-electron chi connectivity index (χ4n) is 2.63. The predicted octanol–water partition coefficient (Wildman–Crippen LogP) is 2.80. The van der Waals surface area contributed by atoms with Crippen molar-refractivity contribution >= 4 is 11.9 Å². The Balaban J connectivity index is 1.85. The van der Waals surface area contributed by atoms with Gasteiger partial charge in [-0.2, -0.15) is 5.10 Å². The number of nitrogens with one attached hydrogen (secondary N) is 1. The predicted molar refractivity (Wildman–Crippen MR) is 94.0 cm³/mol. The minimum atomic E-state index is -1.16. The van der Waals surface area contributed by atoms with E-state index in [0.717, 1.165) is 28.9 Å². The largest absolute Gasteiger partial charge is 0.493 e. The molecule has 3 N–H and O–H groups in total. The van der Waals surface area contributed by atoms with Crippen LogP contribution in [-0.4, -0.2) is 31.9 Å². The van der Waals surface area contributed by atoms with E-state index in [0.29, 0.717) is 5.56 Å². The summed E-state index contributed by atoms with van der Waals surface area (Å²) in [6.45, 7) is 0. The van der Waals surface area contributed by atoms with Crippen molar-refractivity contribution in [1.82, 2.24) is 15.1 Å². The molecule has 0 bridgehead atoms. The maximum absolute atomic E-state index is 13.4. The Kier molecular flexibility index (Phi) is 5.35. The number of aromatic nitrogens is 2. The molecule has 0 aliphatic rings. The van der Waals surface area contributed by atoms with Gasteiger partial charge in [0.2, 0.25) is 5.88 Å². The lowest BCUT2D eigenvalue weighted by atomic mass is 10.0. The number of hydrogen-bond acceptors (Lipinski definition) is 4. The number of benzene rings is 2. The van der Waals surface area contributed by atoms with Crippen LogP contribution in [0.15, 0.2) is 54.6 Å². The van der Waals surface area contributed by atoms with E-state index < -0.39 is 41.9 Å². The van der Waals surface area contributed by atoms with Crippen molar-refractivity contribution in [2.24, 2.45) is 0 Å². The maximum atomic E-state index is 13.4. The van der Waals surface area contributed by atoms with Crippen LogP contribution in [0.2, 0.25) is 0 Å². The molecule has 2 aromatic carbocycles. The van der Waals surface area contributed by atoms with Gasteiger partial charge in [0.15, 0.2) is 5.69 Å². The molecule has 1 aromatic heterocycles. The molecule has 0 aliphatic heterocycles. The monoisotopic (exact) mass is 387 g/mol.